The normalized spacial score (nSPS) is 14.0. The van der Waals surface area contributed by atoms with Gasteiger partial charge in [0.1, 0.15) is 6.67 Å². The molecule has 25 heavy (non-hydrogen) atoms. The third-order valence-electron chi connectivity index (χ3n) is 4.01. The lowest BCUT2D eigenvalue weighted by Crippen LogP contribution is -2.42. The first-order chi connectivity index (χ1) is 12.0. The third-order valence-corrected chi connectivity index (χ3v) is 4.79. The van der Waals surface area contributed by atoms with E-state index in [-0.39, 0.29) is 23.5 Å². The van der Waals surface area contributed by atoms with Crippen LogP contribution in [0.25, 0.3) is 0 Å². The summed E-state index contributed by atoms with van der Waals surface area (Å²) in [7, 11) is 0. The number of hydrogen-bond donors (Lipinski definition) is 0. The largest absolute Gasteiger partial charge is 0.324 e. The molecule has 1 fully saturated rings. The lowest BCUT2D eigenvalue weighted by atomic mass is 10.2. The van der Waals surface area contributed by atoms with Crippen molar-refractivity contribution in [3.05, 3.63) is 63.1 Å². The minimum absolute atomic E-state index is 0.0297. The molecular weight excluding hydrogens is 383 g/mol. The van der Waals surface area contributed by atoms with Gasteiger partial charge in [0, 0.05) is 28.7 Å². The van der Waals surface area contributed by atoms with Crippen LogP contribution in [0.5, 0.6) is 0 Å². The molecule has 0 spiro atoms. The maximum atomic E-state index is 13.1. The summed E-state index contributed by atoms with van der Waals surface area (Å²) in [5.41, 5.74) is 0.918. The van der Waals surface area contributed by atoms with Gasteiger partial charge in [-0.3, -0.25) is 14.5 Å². The highest BCUT2D eigenvalue weighted by molar-refractivity contribution is 6.37. The van der Waals surface area contributed by atoms with Crippen LogP contribution in [0.3, 0.4) is 0 Å². The van der Waals surface area contributed by atoms with Gasteiger partial charge in [-0.2, -0.15) is 0 Å². The van der Waals surface area contributed by atoms with Gasteiger partial charge in [0.25, 0.3) is 5.91 Å². The van der Waals surface area contributed by atoms with E-state index < -0.39 is 0 Å². The standard InChI is InChI=1S/C18H15Cl3N2O2/c19-12-3-1-4-14(9-12)23(11-22-8-2-5-17(22)24)18(25)15-7-6-13(20)10-16(15)21/h1,3-4,6-7,9-10H,2,5,8,11H2. The first-order valence-corrected chi connectivity index (χ1v) is 8.89. The predicted molar refractivity (Wildman–Crippen MR) is 101 cm³/mol. The van der Waals surface area contributed by atoms with E-state index in [4.69, 9.17) is 34.8 Å². The van der Waals surface area contributed by atoms with E-state index in [0.717, 1.165) is 6.42 Å². The van der Waals surface area contributed by atoms with E-state index in [9.17, 15) is 9.59 Å². The van der Waals surface area contributed by atoms with Crippen molar-refractivity contribution in [1.82, 2.24) is 4.90 Å². The van der Waals surface area contributed by atoms with E-state index in [1.54, 1.807) is 41.3 Å². The van der Waals surface area contributed by atoms with Gasteiger partial charge in [0.05, 0.1) is 10.6 Å². The van der Waals surface area contributed by atoms with Crippen LogP contribution >= 0.6 is 34.8 Å². The zero-order valence-electron chi connectivity index (χ0n) is 13.2. The molecule has 0 bridgehead atoms. The van der Waals surface area contributed by atoms with Crippen LogP contribution in [0.15, 0.2) is 42.5 Å². The van der Waals surface area contributed by atoms with E-state index in [1.165, 1.54) is 11.0 Å². The van der Waals surface area contributed by atoms with Gasteiger partial charge < -0.3 is 4.90 Å². The topological polar surface area (TPSA) is 40.6 Å². The van der Waals surface area contributed by atoms with E-state index in [1.807, 2.05) is 0 Å². The number of carbonyl (C=O) groups is 2. The molecule has 4 nitrogen and oxygen atoms in total. The number of halogens is 3. The second-order valence-corrected chi connectivity index (χ2v) is 7.02. The highest BCUT2D eigenvalue weighted by atomic mass is 35.5. The van der Waals surface area contributed by atoms with Gasteiger partial charge in [0.2, 0.25) is 5.91 Å². The molecule has 0 radical (unpaired) electrons. The van der Waals surface area contributed by atoms with Gasteiger partial charge in [-0.1, -0.05) is 40.9 Å². The summed E-state index contributed by atoms with van der Waals surface area (Å²) in [6.07, 6.45) is 1.29. The Labute approximate surface area is 160 Å². The molecule has 0 N–H and O–H groups in total. The summed E-state index contributed by atoms with van der Waals surface area (Å²) in [5.74, 6) is -0.286. The fraction of sp³-hybridized carbons (Fsp3) is 0.222. The van der Waals surface area contributed by atoms with Gasteiger partial charge in [-0.05, 0) is 42.8 Å². The Morgan fingerprint density at radius 2 is 1.84 bits per heavy atom. The van der Waals surface area contributed by atoms with Crippen molar-refractivity contribution < 1.29 is 9.59 Å². The highest BCUT2D eigenvalue weighted by Gasteiger charge is 2.27. The summed E-state index contributed by atoms with van der Waals surface area (Å²) in [4.78, 5) is 28.3. The van der Waals surface area contributed by atoms with Gasteiger partial charge in [-0.15, -0.1) is 0 Å². The molecule has 1 heterocycles. The highest BCUT2D eigenvalue weighted by Crippen LogP contribution is 2.27. The molecule has 1 aliphatic rings. The predicted octanol–water partition coefficient (Wildman–Crippen LogP) is 4.87. The number of nitrogens with zero attached hydrogens (tertiary/aromatic N) is 2. The summed E-state index contributed by atoms with van der Waals surface area (Å²) in [5, 5.41) is 1.22. The summed E-state index contributed by atoms with van der Waals surface area (Å²) in [6.45, 7) is 0.772. The molecule has 2 aromatic rings. The minimum atomic E-state index is -0.316. The van der Waals surface area contributed by atoms with Gasteiger partial charge >= 0.3 is 0 Å². The monoisotopic (exact) mass is 396 g/mol. The van der Waals surface area contributed by atoms with Crippen LogP contribution in [0, 0.1) is 0 Å². The molecule has 3 rings (SSSR count). The van der Waals surface area contributed by atoms with Crippen molar-refractivity contribution in [2.75, 3.05) is 18.1 Å². The molecule has 1 saturated heterocycles. The average molecular weight is 398 g/mol. The summed E-state index contributed by atoms with van der Waals surface area (Å²) in [6, 6.07) is 11.6. The number of likely N-dealkylation sites (tertiary alicyclic amines) is 1. The molecule has 2 amide bonds. The molecule has 0 saturated carbocycles. The molecule has 1 aliphatic heterocycles. The molecule has 0 atom stereocenters. The maximum absolute atomic E-state index is 13.1. The third kappa shape index (κ3) is 4.09. The second-order valence-electron chi connectivity index (χ2n) is 5.74. The van der Waals surface area contributed by atoms with Crippen molar-refractivity contribution in [2.24, 2.45) is 0 Å². The maximum Gasteiger partial charge on any atom is 0.261 e. The number of rotatable bonds is 4. The quantitative estimate of drug-likeness (QED) is 0.738. The molecular formula is C18H15Cl3N2O2. The lowest BCUT2D eigenvalue weighted by Gasteiger charge is -2.28. The average Bonchev–Trinajstić information content (AvgIpc) is 2.97. The van der Waals surface area contributed by atoms with Gasteiger partial charge in [-0.25, -0.2) is 0 Å². The first-order valence-electron chi connectivity index (χ1n) is 7.76. The fourth-order valence-corrected chi connectivity index (χ4v) is 3.41. The van der Waals surface area contributed by atoms with Crippen LogP contribution < -0.4 is 4.90 Å². The lowest BCUT2D eigenvalue weighted by molar-refractivity contribution is -0.127. The molecule has 7 heteroatoms. The van der Waals surface area contributed by atoms with Crippen molar-refractivity contribution in [1.29, 1.82) is 0 Å². The number of anilines is 1. The van der Waals surface area contributed by atoms with Crippen LogP contribution in [0.1, 0.15) is 23.2 Å². The number of carbonyl (C=O) groups excluding carboxylic acids is 2. The SMILES string of the molecule is O=C1CCCN1CN(C(=O)c1ccc(Cl)cc1Cl)c1cccc(Cl)c1. The molecule has 130 valence electrons. The molecule has 2 aromatic carbocycles. The van der Waals surface area contributed by atoms with E-state index in [2.05, 4.69) is 0 Å². The van der Waals surface area contributed by atoms with Crippen LogP contribution in [0.4, 0.5) is 5.69 Å². The first kappa shape index (κ1) is 18.1. The number of amides is 2. The van der Waals surface area contributed by atoms with Crippen LogP contribution in [-0.2, 0) is 4.79 Å². The Morgan fingerprint density at radius 3 is 2.48 bits per heavy atom. The Bertz CT molecular complexity index is 826. The Balaban J connectivity index is 1.97. The smallest absolute Gasteiger partial charge is 0.261 e. The van der Waals surface area contributed by atoms with E-state index >= 15 is 0 Å². The fourth-order valence-electron chi connectivity index (χ4n) is 2.74. The van der Waals surface area contributed by atoms with Gasteiger partial charge in [0.15, 0.2) is 0 Å². The van der Waals surface area contributed by atoms with Crippen molar-refractivity contribution in [3.8, 4) is 0 Å². The number of hydrogen-bond acceptors (Lipinski definition) is 2. The van der Waals surface area contributed by atoms with E-state index in [0.29, 0.717) is 34.3 Å². The Kier molecular flexibility index (Phi) is 5.52. The molecule has 0 aromatic heterocycles. The summed E-state index contributed by atoms with van der Waals surface area (Å²) >= 11 is 18.2. The van der Waals surface area contributed by atoms with Crippen molar-refractivity contribution >= 4 is 52.3 Å². The zero-order chi connectivity index (χ0) is 18.0. The van der Waals surface area contributed by atoms with Crippen LogP contribution in [-0.4, -0.2) is 29.9 Å². The molecule has 0 unspecified atom stereocenters. The Hall–Kier alpha value is -1.75. The van der Waals surface area contributed by atoms with Crippen molar-refractivity contribution in [2.45, 2.75) is 12.8 Å². The number of benzene rings is 2. The molecule has 0 aliphatic carbocycles. The van der Waals surface area contributed by atoms with Crippen LogP contribution in [0.2, 0.25) is 15.1 Å². The second kappa shape index (κ2) is 7.65. The zero-order valence-corrected chi connectivity index (χ0v) is 15.5. The summed E-state index contributed by atoms with van der Waals surface area (Å²) < 4.78 is 0. The Morgan fingerprint density at radius 1 is 1.08 bits per heavy atom. The van der Waals surface area contributed by atoms with Crippen molar-refractivity contribution in [3.63, 3.8) is 0 Å². The minimum Gasteiger partial charge on any atom is -0.324 e.